The number of nitrogen functional groups attached to an aromatic ring is 1. The number of amides is 1. The second kappa shape index (κ2) is 7.64. The third-order valence-corrected chi connectivity index (χ3v) is 5.06. The van der Waals surface area contributed by atoms with E-state index in [9.17, 15) is 14.0 Å². The van der Waals surface area contributed by atoms with E-state index in [1.165, 1.54) is 45.9 Å². The standard InChI is InChI=1S/C21H17ClFN5O2/c1-27(14-7-5-12(23)6-8-14)21(30)18-3-2-4-19(29)28(18)11-13-9-16-17(25-13)10-15(22)20(24)26-16/h2-10,25H,11H2,1H3,(H2,24,26). The Hall–Kier alpha value is -3.65. The van der Waals surface area contributed by atoms with E-state index < -0.39 is 11.7 Å². The summed E-state index contributed by atoms with van der Waals surface area (Å²) in [7, 11) is 1.56. The first-order chi connectivity index (χ1) is 14.3. The number of nitrogens with one attached hydrogen (secondary N) is 1. The number of nitrogens with zero attached hydrogens (tertiary/aromatic N) is 3. The zero-order chi connectivity index (χ0) is 21.4. The molecule has 0 unspecified atom stereocenters. The van der Waals surface area contributed by atoms with Crippen molar-refractivity contribution in [2.24, 2.45) is 0 Å². The number of aromatic amines is 1. The lowest BCUT2D eigenvalue weighted by molar-refractivity contribution is 0.0983. The van der Waals surface area contributed by atoms with Crippen LogP contribution in [0.5, 0.6) is 0 Å². The first-order valence-corrected chi connectivity index (χ1v) is 9.38. The van der Waals surface area contributed by atoms with E-state index in [1.54, 1.807) is 25.2 Å². The number of aromatic nitrogens is 3. The molecule has 7 nitrogen and oxygen atoms in total. The SMILES string of the molecule is CN(C(=O)c1cccc(=O)n1Cc1cc2nc(N)c(Cl)cc2[nH]1)c1ccc(F)cc1. The molecule has 30 heavy (non-hydrogen) atoms. The lowest BCUT2D eigenvalue weighted by Gasteiger charge is -2.20. The molecule has 1 amide bonds. The Morgan fingerprint density at radius 3 is 2.70 bits per heavy atom. The summed E-state index contributed by atoms with van der Waals surface area (Å²) in [5, 5.41) is 0.324. The second-order valence-corrected chi connectivity index (χ2v) is 7.17. The Kier molecular flexibility index (Phi) is 5.01. The minimum atomic E-state index is -0.402. The highest BCUT2D eigenvalue weighted by atomic mass is 35.5. The van der Waals surface area contributed by atoms with E-state index in [0.717, 1.165) is 0 Å². The monoisotopic (exact) mass is 425 g/mol. The Balaban J connectivity index is 1.70. The van der Waals surface area contributed by atoms with Crippen LogP contribution in [0.2, 0.25) is 5.02 Å². The van der Waals surface area contributed by atoms with Gasteiger partial charge in [-0.2, -0.15) is 0 Å². The largest absolute Gasteiger partial charge is 0.382 e. The van der Waals surface area contributed by atoms with Crippen LogP contribution in [0.3, 0.4) is 0 Å². The number of fused-ring (bicyclic) bond motifs is 1. The number of H-pyrrole nitrogens is 1. The summed E-state index contributed by atoms with van der Waals surface area (Å²) in [5.41, 5.74) is 8.04. The average molecular weight is 426 g/mol. The fourth-order valence-corrected chi connectivity index (χ4v) is 3.33. The molecule has 0 aliphatic heterocycles. The van der Waals surface area contributed by atoms with Crippen molar-refractivity contribution in [3.63, 3.8) is 0 Å². The molecule has 1 aromatic carbocycles. The summed E-state index contributed by atoms with van der Waals surface area (Å²) < 4.78 is 14.6. The zero-order valence-corrected chi connectivity index (χ0v) is 16.7. The van der Waals surface area contributed by atoms with Crippen molar-refractivity contribution in [3.8, 4) is 0 Å². The van der Waals surface area contributed by atoms with Crippen molar-refractivity contribution in [1.82, 2.24) is 14.5 Å². The lowest BCUT2D eigenvalue weighted by Crippen LogP contribution is -2.33. The first kappa shape index (κ1) is 19.7. The normalized spacial score (nSPS) is 11.0. The van der Waals surface area contributed by atoms with E-state index in [0.29, 0.717) is 27.4 Å². The number of hydrogen-bond acceptors (Lipinski definition) is 4. The molecule has 0 aliphatic carbocycles. The van der Waals surface area contributed by atoms with E-state index >= 15 is 0 Å². The summed E-state index contributed by atoms with van der Waals surface area (Å²) in [6, 6.07) is 13.4. The maximum Gasteiger partial charge on any atom is 0.274 e. The van der Waals surface area contributed by atoms with Crippen molar-refractivity contribution in [2.45, 2.75) is 6.54 Å². The molecule has 0 radical (unpaired) electrons. The van der Waals surface area contributed by atoms with Gasteiger partial charge in [0.1, 0.15) is 17.3 Å². The van der Waals surface area contributed by atoms with Crippen molar-refractivity contribution in [1.29, 1.82) is 0 Å². The highest BCUT2D eigenvalue weighted by molar-refractivity contribution is 6.33. The molecule has 0 saturated carbocycles. The van der Waals surface area contributed by atoms with Crippen LogP contribution in [0, 0.1) is 5.82 Å². The molecule has 0 fully saturated rings. The number of hydrogen-bond donors (Lipinski definition) is 2. The molecule has 0 bridgehead atoms. The van der Waals surface area contributed by atoms with Crippen LogP contribution in [0.25, 0.3) is 11.0 Å². The summed E-state index contributed by atoms with van der Waals surface area (Å²) in [6.45, 7) is 0.117. The lowest BCUT2D eigenvalue weighted by atomic mass is 10.2. The molecule has 0 atom stereocenters. The Morgan fingerprint density at radius 1 is 1.23 bits per heavy atom. The van der Waals surface area contributed by atoms with Crippen LogP contribution in [0.15, 0.2) is 59.4 Å². The van der Waals surface area contributed by atoms with Gasteiger partial charge >= 0.3 is 0 Å². The number of halogens is 2. The van der Waals surface area contributed by atoms with E-state index in [-0.39, 0.29) is 23.6 Å². The molecule has 9 heteroatoms. The van der Waals surface area contributed by atoms with Crippen LogP contribution >= 0.6 is 11.6 Å². The Labute approximate surface area is 175 Å². The van der Waals surface area contributed by atoms with E-state index in [2.05, 4.69) is 9.97 Å². The van der Waals surface area contributed by atoms with Gasteiger partial charge in [0.25, 0.3) is 11.5 Å². The maximum atomic E-state index is 13.2. The predicted octanol–water partition coefficient (Wildman–Crippen LogP) is 3.42. The van der Waals surface area contributed by atoms with Crippen molar-refractivity contribution < 1.29 is 9.18 Å². The number of nitrogens with two attached hydrogens (primary N) is 1. The molecule has 4 aromatic rings. The van der Waals surface area contributed by atoms with Crippen molar-refractivity contribution in [3.05, 3.63) is 87.2 Å². The summed E-state index contributed by atoms with van der Waals surface area (Å²) in [6.07, 6.45) is 0. The smallest absolute Gasteiger partial charge is 0.274 e. The van der Waals surface area contributed by atoms with E-state index in [4.69, 9.17) is 17.3 Å². The molecule has 0 aliphatic rings. The third-order valence-electron chi connectivity index (χ3n) is 4.75. The van der Waals surface area contributed by atoms with Gasteiger partial charge in [0.15, 0.2) is 0 Å². The third kappa shape index (κ3) is 3.65. The van der Waals surface area contributed by atoms with Gasteiger partial charge in [-0.25, -0.2) is 9.37 Å². The minimum absolute atomic E-state index is 0.117. The molecule has 3 aromatic heterocycles. The minimum Gasteiger partial charge on any atom is -0.382 e. The number of anilines is 2. The molecule has 0 saturated heterocycles. The molecular formula is C21H17ClFN5O2. The predicted molar refractivity (Wildman–Crippen MR) is 114 cm³/mol. The summed E-state index contributed by atoms with van der Waals surface area (Å²) in [5.74, 6) is -0.589. The van der Waals surface area contributed by atoms with Gasteiger partial charge < -0.3 is 15.6 Å². The topological polar surface area (TPSA) is 97.0 Å². The highest BCUT2D eigenvalue weighted by Crippen LogP contribution is 2.23. The van der Waals surface area contributed by atoms with Crippen LogP contribution in [0.1, 0.15) is 16.2 Å². The van der Waals surface area contributed by atoms with Gasteiger partial charge in [-0.3, -0.25) is 14.2 Å². The zero-order valence-electron chi connectivity index (χ0n) is 15.9. The second-order valence-electron chi connectivity index (χ2n) is 6.76. The van der Waals surface area contributed by atoms with Crippen LogP contribution in [-0.2, 0) is 6.54 Å². The molecule has 152 valence electrons. The van der Waals surface area contributed by atoms with Gasteiger partial charge in [0.2, 0.25) is 0 Å². The van der Waals surface area contributed by atoms with Gasteiger partial charge in [-0.1, -0.05) is 17.7 Å². The average Bonchev–Trinajstić information content (AvgIpc) is 3.10. The van der Waals surface area contributed by atoms with Gasteiger partial charge in [-0.05, 0) is 42.5 Å². The molecular weight excluding hydrogens is 409 g/mol. The maximum absolute atomic E-state index is 13.2. The Morgan fingerprint density at radius 2 is 1.97 bits per heavy atom. The fraction of sp³-hybridized carbons (Fsp3) is 0.0952. The summed E-state index contributed by atoms with van der Waals surface area (Å²) in [4.78, 5) is 34.3. The van der Waals surface area contributed by atoms with Crippen LogP contribution < -0.4 is 16.2 Å². The van der Waals surface area contributed by atoms with Gasteiger partial charge in [0.05, 0.1) is 22.6 Å². The summed E-state index contributed by atoms with van der Waals surface area (Å²) >= 11 is 6.02. The van der Waals surface area contributed by atoms with Crippen molar-refractivity contribution >= 4 is 40.0 Å². The number of benzene rings is 1. The quantitative estimate of drug-likeness (QED) is 0.523. The van der Waals surface area contributed by atoms with Gasteiger partial charge in [-0.15, -0.1) is 0 Å². The first-order valence-electron chi connectivity index (χ1n) is 9.00. The Bertz CT molecular complexity index is 1270. The van der Waals surface area contributed by atoms with Gasteiger partial charge in [0, 0.05) is 24.5 Å². The van der Waals surface area contributed by atoms with Crippen LogP contribution in [-0.4, -0.2) is 27.5 Å². The molecule has 3 N–H and O–H groups in total. The van der Waals surface area contributed by atoms with Crippen LogP contribution in [0.4, 0.5) is 15.9 Å². The number of pyridine rings is 2. The van der Waals surface area contributed by atoms with Crippen molar-refractivity contribution in [2.75, 3.05) is 17.7 Å². The number of carbonyl (C=O) groups excluding carboxylic acids is 1. The fourth-order valence-electron chi connectivity index (χ4n) is 3.18. The number of rotatable bonds is 4. The highest BCUT2D eigenvalue weighted by Gasteiger charge is 2.19. The molecule has 4 rings (SSSR count). The molecule has 3 heterocycles. The van der Waals surface area contributed by atoms with E-state index in [1.807, 2.05) is 0 Å². The molecule has 0 spiro atoms. The number of carbonyl (C=O) groups is 1.